The molecule has 0 aliphatic rings. The summed E-state index contributed by atoms with van der Waals surface area (Å²) < 4.78 is 26.2. The molecule has 5 heteroatoms. The van der Waals surface area contributed by atoms with Crippen molar-refractivity contribution in [2.24, 2.45) is 7.05 Å². The summed E-state index contributed by atoms with van der Waals surface area (Å²) in [6.07, 6.45) is 0.0940. The number of hydrogen-bond acceptors (Lipinski definition) is 2. The van der Waals surface area contributed by atoms with Gasteiger partial charge in [-0.3, -0.25) is 4.68 Å². The predicted molar refractivity (Wildman–Crippen MR) is 51.7 cm³/mol. The van der Waals surface area contributed by atoms with Crippen LogP contribution in [0, 0.1) is 0 Å². The lowest BCUT2D eigenvalue weighted by atomic mass is 10.2. The highest BCUT2D eigenvalue weighted by molar-refractivity contribution is 5.47. The van der Waals surface area contributed by atoms with Gasteiger partial charge in [-0.1, -0.05) is 6.92 Å². The first-order valence-corrected chi connectivity index (χ1v) is 4.61. The quantitative estimate of drug-likeness (QED) is 0.811. The van der Waals surface area contributed by atoms with E-state index in [0.717, 1.165) is 12.1 Å². The summed E-state index contributed by atoms with van der Waals surface area (Å²) in [5.74, 6) is 0. The highest BCUT2D eigenvalue weighted by Gasteiger charge is 2.16. The molecule has 0 aliphatic carbocycles. The Hall–Kier alpha value is -1.13. The van der Waals surface area contributed by atoms with Crippen molar-refractivity contribution in [3.8, 4) is 0 Å². The molecule has 0 spiro atoms. The normalized spacial score (nSPS) is 13.3. The second-order valence-electron chi connectivity index (χ2n) is 3.28. The van der Waals surface area contributed by atoms with E-state index in [9.17, 15) is 8.78 Å². The maximum absolute atomic E-state index is 12.3. The molecule has 14 heavy (non-hydrogen) atoms. The van der Waals surface area contributed by atoms with Gasteiger partial charge >= 0.3 is 0 Å². The van der Waals surface area contributed by atoms with Gasteiger partial charge in [0.15, 0.2) is 0 Å². The Labute approximate surface area is 82.1 Å². The fourth-order valence-electron chi connectivity index (χ4n) is 1.22. The molecule has 1 aromatic heterocycles. The van der Waals surface area contributed by atoms with Crippen LogP contribution in [0.4, 0.5) is 14.5 Å². The zero-order chi connectivity index (χ0) is 10.7. The number of nitrogens with zero attached hydrogens (tertiary/aromatic N) is 2. The van der Waals surface area contributed by atoms with E-state index >= 15 is 0 Å². The average molecular weight is 203 g/mol. The summed E-state index contributed by atoms with van der Waals surface area (Å²) in [6.45, 7) is 3.40. The van der Waals surface area contributed by atoms with Crippen molar-refractivity contribution in [3.63, 3.8) is 0 Å². The van der Waals surface area contributed by atoms with Gasteiger partial charge in [-0.25, -0.2) is 8.78 Å². The standard InChI is InChI=1S/C9H15F2N3/c1-4-7-8(5-14(3)13-7)12-6(2)9(10)11/h5-6,9,12H,4H2,1-3H3. The van der Waals surface area contributed by atoms with E-state index < -0.39 is 12.5 Å². The van der Waals surface area contributed by atoms with Crippen molar-refractivity contribution < 1.29 is 8.78 Å². The Bertz CT molecular complexity index is 296. The van der Waals surface area contributed by atoms with E-state index in [0.29, 0.717) is 5.69 Å². The van der Waals surface area contributed by atoms with Crippen LogP contribution in [0.15, 0.2) is 6.20 Å². The van der Waals surface area contributed by atoms with E-state index in [1.807, 2.05) is 6.92 Å². The van der Waals surface area contributed by atoms with Crippen molar-refractivity contribution >= 4 is 5.69 Å². The van der Waals surface area contributed by atoms with Crippen LogP contribution in [0.5, 0.6) is 0 Å². The van der Waals surface area contributed by atoms with E-state index in [-0.39, 0.29) is 0 Å². The number of alkyl halides is 2. The van der Waals surface area contributed by atoms with Crippen LogP contribution in [-0.2, 0) is 13.5 Å². The number of anilines is 1. The maximum atomic E-state index is 12.3. The average Bonchev–Trinajstić information content (AvgIpc) is 2.45. The number of halogens is 2. The molecule has 0 aliphatic heterocycles. The third-order valence-corrected chi connectivity index (χ3v) is 2.00. The molecular weight excluding hydrogens is 188 g/mol. The van der Waals surface area contributed by atoms with Crippen LogP contribution < -0.4 is 5.32 Å². The molecule has 0 saturated heterocycles. The van der Waals surface area contributed by atoms with Gasteiger partial charge in [-0.2, -0.15) is 5.10 Å². The molecule has 1 aromatic rings. The van der Waals surface area contributed by atoms with Gasteiger partial charge in [-0.05, 0) is 13.3 Å². The number of nitrogens with one attached hydrogen (secondary N) is 1. The summed E-state index contributed by atoms with van der Waals surface area (Å²) >= 11 is 0. The van der Waals surface area contributed by atoms with Gasteiger partial charge in [0.1, 0.15) is 0 Å². The van der Waals surface area contributed by atoms with Gasteiger partial charge in [0, 0.05) is 13.2 Å². The molecule has 1 heterocycles. The number of rotatable bonds is 4. The van der Waals surface area contributed by atoms with Crippen molar-refractivity contribution in [1.82, 2.24) is 9.78 Å². The minimum absolute atomic E-state index is 0.697. The Morgan fingerprint density at radius 3 is 2.71 bits per heavy atom. The first-order chi connectivity index (χ1) is 6.54. The molecule has 3 nitrogen and oxygen atoms in total. The Morgan fingerprint density at radius 1 is 1.57 bits per heavy atom. The molecule has 0 amide bonds. The van der Waals surface area contributed by atoms with Gasteiger partial charge in [-0.15, -0.1) is 0 Å². The molecule has 0 fully saturated rings. The van der Waals surface area contributed by atoms with Crippen LogP contribution in [0.25, 0.3) is 0 Å². The second-order valence-corrected chi connectivity index (χ2v) is 3.28. The smallest absolute Gasteiger partial charge is 0.258 e. The molecule has 80 valence electrons. The van der Waals surface area contributed by atoms with Crippen molar-refractivity contribution in [2.75, 3.05) is 5.32 Å². The number of aryl methyl sites for hydroxylation is 2. The third-order valence-electron chi connectivity index (χ3n) is 2.00. The number of hydrogen-bond donors (Lipinski definition) is 1. The molecule has 1 atom stereocenters. The van der Waals surface area contributed by atoms with E-state index in [1.165, 1.54) is 6.92 Å². The second kappa shape index (κ2) is 4.39. The lowest BCUT2D eigenvalue weighted by Gasteiger charge is -2.13. The molecule has 0 saturated carbocycles. The first kappa shape index (κ1) is 10.9. The molecule has 0 bridgehead atoms. The molecule has 1 rings (SSSR count). The van der Waals surface area contributed by atoms with E-state index in [1.54, 1.807) is 17.9 Å². The fraction of sp³-hybridized carbons (Fsp3) is 0.667. The molecule has 1 unspecified atom stereocenters. The SMILES string of the molecule is CCc1nn(C)cc1NC(C)C(F)F. The Kier molecular flexibility index (Phi) is 3.43. The minimum atomic E-state index is -2.36. The summed E-state index contributed by atoms with van der Waals surface area (Å²) in [4.78, 5) is 0. The molecule has 0 radical (unpaired) electrons. The van der Waals surface area contributed by atoms with Gasteiger partial charge in [0.05, 0.1) is 17.4 Å². The van der Waals surface area contributed by atoms with Crippen molar-refractivity contribution in [3.05, 3.63) is 11.9 Å². The maximum Gasteiger partial charge on any atom is 0.258 e. The molecule has 0 aromatic carbocycles. The Morgan fingerprint density at radius 2 is 2.21 bits per heavy atom. The summed E-state index contributed by atoms with van der Waals surface area (Å²) in [5.41, 5.74) is 1.52. The molecular formula is C9H15F2N3. The lowest BCUT2D eigenvalue weighted by molar-refractivity contribution is 0.130. The van der Waals surface area contributed by atoms with Gasteiger partial charge in [0.25, 0.3) is 6.43 Å². The highest BCUT2D eigenvalue weighted by Crippen LogP contribution is 2.16. The largest absolute Gasteiger partial charge is 0.374 e. The van der Waals surface area contributed by atoms with Crippen LogP contribution in [0.3, 0.4) is 0 Å². The zero-order valence-electron chi connectivity index (χ0n) is 8.59. The predicted octanol–water partition coefficient (Wildman–Crippen LogP) is 2.05. The van der Waals surface area contributed by atoms with Crippen LogP contribution in [-0.4, -0.2) is 22.2 Å². The first-order valence-electron chi connectivity index (χ1n) is 4.61. The van der Waals surface area contributed by atoms with Crippen LogP contribution in [0.2, 0.25) is 0 Å². The van der Waals surface area contributed by atoms with E-state index in [2.05, 4.69) is 10.4 Å². The fourth-order valence-corrected chi connectivity index (χ4v) is 1.22. The molecule has 1 N–H and O–H groups in total. The zero-order valence-corrected chi connectivity index (χ0v) is 8.59. The lowest BCUT2D eigenvalue weighted by Crippen LogP contribution is -2.24. The summed E-state index contributed by atoms with van der Waals surface area (Å²) in [6, 6.07) is -0.843. The highest BCUT2D eigenvalue weighted by atomic mass is 19.3. The van der Waals surface area contributed by atoms with Crippen LogP contribution in [0.1, 0.15) is 19.5 Å². The monoisotopic (exact) mass is 203 g/mol. The van der Waals surface area contributed by atoms with Crippen molar-refractivity contribution in [1.29, 1.82) is 0 Å². The summed E-state index contributed by atoms with van der Waals surface area (Å²) in [5, 5.41) is 6.90. The summed E-state index contributed by atoms with van der Waals surface area (Å²) in [7, 11) is 1.78. The topological polar surface area (TPSA) is 29.9 Å². The van der Waals surface area contributed by atoms with E-state index in [4.69, 9.17) is 0 Å². The van der Waals surface area contributed by atoms with Gasteiger partial charge < -0.3 is 5.32 Å². The third kappa shape index (κ3) is 2.43. The minimum Gasteiger partial charge on any atom is -0.374 e. The van der Waals surface area contributed by atoms with Crippen LogP contribution >= 0.6 is 0 Å². The Balaban J connectivity index is 2.74. The van der Waals surface area contributed by atoms with Gasteiger partial charge in [0.2, 0.25) is 0 Å². The van der Waals surface area contributed by atoms with Crippen molar-refractivity contribution in [2.45, 2.75) is 32.7 Å². The number of aromatic nitrogens is 2.